The van der Waals surface area contributed by atoms with Crippen molar-refractivity contribution in [1.29, 1.82) is 0 Å². The highest BCUT2D eigenvalue weighted by molar-refractivity contribution is 9.09. The van der Waals surface area contributed by atoms with Crippen molar-refractivity contribution >= 4 is 38.9 Å². The molecule has 1 heterocycles. The lowest BCUT2D eigenvalue weighted by atomic mass is 10.0. The molecule has 2 atom stereocenters. The van der Waals surface area contributed by atoms with E-state index in [-0.39, 0.29) is 0 Å². The second kappa shape index (κ2) is 4.64. The minimum atomic E-state index is 0.577. The van der Waals surface area contributed by atoms with E-state index < -0.39 is 0 Å². The Morgan fingerprint density at radius 1 is 1.50 bits per heavy atom. The van der Waals surface area contributed by atoms with E-state index in [1.807, 2.05) is 6.07 Å². The van der Waals surface area contributed by atoms with Crippen LogP contribution in [0, 0.1) is 0 Å². The maximum atomic E-state index is 5.85. The summed E-state index contributed by atoms with van der Waals surface area (Å²) in [5, 5.41) is 0. The highest BCUT2D eigenvalue weighted by Crippen LogP contribution is 2.31. The predicted molar refractivity (Wildman–Crippen MR) is 60.8 cm³/mol. The fourth-order valence-electron chi connectivity index (χ4n) is 1.20. The molecule has 2 unspecified atom stereocenters. The van der Waals surface area contributed by atoms with Crippen LogP contribution >= 0.6 is 38.9 Å². The zero-order valence-electron chi connectivity index (χ0n) is 7.18. The Labute approximate surface area is 91.1 Å². The van der Waals surface area contributed by atoms with Crippen molar-refractivity contribution in [2.75, 3.05) is 0 Å². The fourth-order valence-corrected chi connectivity index (χ4v) is 2.88. The van der Waals surface area contributed by atoms with Gasteiger partial charge in [0.2, 0.25) is 0 Å². The van der Waals surface area contributed by atoms with E-state index in [9.17, 15) is 0 Å². The van der Waals surface area contributed by atoms with Crippen LogP contribution in [-0.2, 0) is 0 Å². The quantitative estimate of drug-likeness (QED) is 0.698. The van der Waals surface area contributed by atoms with E-state index in [0.717, 1.165) is 10.8 Å². The largest absolute Gasteiger partial charge is 0.128 e. The number of alkyl halides is 1. The Bertz CT molecular complexity index is 244. The van der Waals surface area contributed by atoms with Gasteiger partial charge < -0.3 is 0 Å². The molecule has 0 aromatic carbocycles. The summed E-state index contributed by atoms with van der Waals surface area (Å²) in [7, 11) is 0. The summed E-state index contributed by atoms with van der Waals surface area (Å²) in [4.78, 5) is 1.96. The number of halogens is 2. The molecule has 0 radical (unpaired) electrons. The van der Waals surface area contributed by atoms with Crippen molar-refractivity contribution in [2.24, 2.45) is 0 Å². The third-order valence-electron chi connectivity index (χ3n) is 1.76. The van der Waals surface area contributed by atoms with Gasteiger partial charge in [0.15, 0.2) is 0 Å². The second-order valence-electron chi connectivity index (χ2n) is 3.06. The molecule has 0 saturated heterocycles. The average molecular weight is 268 g/mol. The van der Waals surface area contributed by atoms with E-state index >= 15 is 0 Å². The number of hydrogen-bond donors (Lipinski definition) is 0. The molecule has 68 valence electrons. The Morgan fingerprint density at radius 3 is 2.58 bits per heavy atom. The third kappa shape index (κ3) is 3.08. The van der Waals surface area contributed by atoms with E-state index in [1.165, 1.54) is 4.88 Å². The van der Waals surface area contributed by atoms with Gasteiger partial charge in [-0.2, -0.15) is 0 Å². The zero-order chi connectivity index (χ0) is 9.14. The maximum Gasteiger partial charge on any atom is 0.0931 e. The molecular weight excluding hydrogens is 256 g/mol. The van der Waals surface area contributed by atoms with Gasteiger partial charge in [-0.3, -0.25) is 0 Å². The van der Waals surface area contributed by atoms with Gasteiger partial charge in [-0.1, -0.05) is 41.4 Å². The van der Waals surface area contributed by atoms with Crippen molar-refractivity contribution in [3.8, 4) is 0 Å². The van der Waals surface area contributed by atoms with Crippen LogP contribution in [0.3, 0.4) is 0 Å². The molecule has 0 aliphatic rings. The SMILES string of the molecule is CC(Br)CC(C)c1ccc(Cl)s1. The first kappa shape index (κ1) is 10.6. The number of rotatable bonds is 3. The van der Waals surface area contributed by atoms with E-state index in [2.05, 4.69) is 35.8 Å². The molecule has 0 aliphatic carbocycles. The lowest BCUT2D eigenvalue weighted by molar-refractivity contribution is 0.693. The van der Waals surface area contributed by atoms with Gasteiger partial charge in [-0.15, -0.1) is 11.3 Å². The topological polar surface area (TPSA) is 0 Å². The molecule has 0 nitrogen and oxygen atoms in total. The Kier molecular flexibility index (Phi) is 4.08. The monoisotopic (exact) mass is 266 g/mol. The lowest BCUT2D eigenvalue weighted by Gasteiger charge is -2.10. The van der Waals surface area contributed by atoms with Crippen molar-refractivity contribution in [3.05, 3.63) is 21.3 Å². The molecule has 0 fully saturated rings. The molecule has 0 N–H and O–H groups in total. The van der Waals surface area contributed by atoms with E-state index in [1.54, 1.807) is 11.3 Å². The zero-order valence-corrected chi connectivity index (χ0v) is 10.3. The van der Waals surface area contributed by atoms with Crippen LogP contribution in [0.25, 0.3) is 0 Å². The van der Waals surface area contributed by atoms with Gasteiger partial charge in [0, 0.05) is 9.70 Å². The molecule has 1 rings (SSSR count). The maximum absolute atomic E-state index is 5.85. The standard InChI is InChI=1S/C9H12BrClS/c1-6(5-7(2)10)8-3-4-9(11)12-8/h3-4,6-7H,5H2,1-2H3. The number of thiophene rings is 1. The molecule has 0 saturated carbocycles. The first-order valence-corrected chi connectivity index (χ1v) is 6.10. The molecule has 1 aromatic heterocycles. The molecule has 1 aromatic rings. The van der Waals surface area contributed by atoms with Crippen LogP contribution in [0.2, 0.25) is 4.34 Å². The Morgan fingerprint density at radius 2 is 2.17 bits per heavy atom. The summed E-state index contributed by atoms with van der Waals surface area (Å²) in [5.74, 6) is 0.608. The highest BCUT2D eigenvalue weighted by Gasteiger charge is 2.10. The Balaban J connectivity index is 2.58. The molecule has 12 heavy (non-hydrogen) atoms. The van der Waals surface area contributed by atoms with Crippen LogP contribution in [-0.4, -0.2) is 4.83 Å². The minimum Gasteiger partial charge on any atom is -0.128 e. The number of hydrogen-bond acceptors (Lipinski definition) is 1. The molecule has 0 spiro atoms. The van der Waals surface area contributed by atoms with Crippen LogP contribution < -0.4 is 0 Å². The summed E-state index contributed by atoms with van der Waals surface area (Å²) in [5.41, 5.74) is 0. The van der Waals surface area contributed by atoms with Crippen molar-refractivity contribution in [3.63, 3.8) is 0 Å². The highest BCUT2D eigenvalue weighted by atomic mass is 79.9. The average Bonchev–Trinajstić information content (AvgIpc) is 2.34. The normalized spacial score (nSPS) is 16.0. The van der Waals surface area contributed by atoms with Gasteiger partial charge in [-0.25, -0.2) is 0 Å². The van der Waals surface area contributed by atoms with Gasteiger partial charge in [0.1, 0.15) is 0 Å². The summed E-state index contributed by atoms with van der Waals surface area (Å²) in [6.07, 6.45) is 1.16. The van der Waals surface area contributed by atoms with E-state index in [0.29, 0.717) is 10.7 Å². The van der Waals surface area contributed by atoms with E-state index in [4.69, 9.17) is 11.6 Å². The molecular formula is C9H12BrClS. The molecule has 0 bridgehead atoms. The third-order valence-corrected chi connectivity index (χ3v) is 3.59. The van der Waals surface area contributed by atoms with Crippen molar-refractivity contribution in [1.82, 2.24) is 0 Å². The Hall–Kier alpha value is 0.470. The summed E-state index contributed by atoms with van der Waals surface area (Å²) in [6, 6.07) is 4.09. The van der Waals surface area contributed by atoms with Crippen LogP contribution in [0.15, 0.2) is 12.1 Å². The molecule has 3 heteroatoms. The smallest absolute Gasteiger partial charge is 0.0931 e. The predicted octanol–water partition coefficient (Wildman–Crippen LogP) is 4.68. The van der Waals surface area contributed by atoms with Crippen LogP contribution in [0.1, 0.15) is 31.1 Å². The fraction of sp³-hybridized carbons (Fsp3) is 0.556. The summed E-state index contributed by atoms with van der Waals surface area (Å²) < 4.78 is 0.888. The molecule has 0 aliphatic heterocycles. The first-order chi connectivity index (χ1) is 5.59. The van der Waals surface area contributed by atoms with Gasteiger partial charge >= 0.3 is 0 Å². The summed E-state index contributed by atoms with van der Waals surface area (Å²) >= 11 is 11.1. The first-order valence-electron chi connectivity index (χ1n) is 3.99. The van der Waals surface area contributed by atoms with Crippen molar-refractivity contribution < 1.29 is 0 Å². The van der Waals surface area contributed by atoms with Gasteiger partial charge in [0.05, 0.1) is 4.34 Å². The summed E-state index contributed by atoms with van der Waals surface area (Å²) in [6.45, 7) is 4.41. The van der Waals surface area contributed by atoms with Crippen molar-refractivity contribution in [2.45, 2.75) is 31.0 Å². The second-order valence-corrected chi connectivity index (χ2v) is 6.37. The van der Waals surface area contributed by atoms with Gasteiger partial charge in [0.25, 0.3) is 0 Å². The lowest BCUT2D eigenvalue weighted by Crippen LogP contribution is -1.97. The molecule has 0 amide bonds. The van der Waals surface area contributed by atoms with Crippen LogP contribution in [0.5, 0.6) is 0 Å². The minimum absolute atomic E-state index is 0.577. The van der Waals surface area contributed by atoms with Gasteiger partial charge in [-0.05, 0) is 24.5 Å². The van der Waals surface area contributed by atoms with Crippen LogP contribution in [0.4, 0.5) is 0 Å².